The highest BCUT2D eigenvalue weighted by Crippen LogP contribution is 2.34. The molecule has 1 atom stereocenters. The van der Waals surface area contributed by atoms with Gasteiger partial charge in [0.2, 0.25) is 0 Å². The van der Waals surface area contributed by atoms with E-state index in [1.165, 1.54) is 35.3 Å². The molecule has 1 unspecified atom stereocenters. The fourth-order valence-electron chi connectivity index (χ4n) is 3.60. The second-order valence-electron chi connectivity index (χ2n) is 7.70. The van der Waals surface area contributed by atoms with Gasteiger partial charge in [0.1, 0.15) is 11.3 Å². The standard InChI is InChI=1S/C24H20F3N7OS/c1-4-14-10-15(6-8-21(14)36(35)30-5-2)19-7-9-22(28)34(32-19)23(29)24(26,27)17-11-16-13-33(3)31-20(16)12-18(17)25/h4-13,28-29H,1H2,2-3H3/b28-22?,29-23?,30-5+. The maximum Gasteiger partial charge on any atom is 0.334 e. The Morgan fingerprint density at radius 3 is 2.64 bits per heavy atom. The predicted molar refractivity (Wildman–Crippen MR) is 132 cm³/mol. The van der Waals surface area contributed by atoms with Crippen molar-refractivity contribution in [1.29, 1.82) is 10.8 Å². The fraction of sp³-hybridized carbons (Fsp3) is 0.125. The van der Waals surface area contributed by atoms with Crippen LogP contribution < -0.4 is 5.49 Å². The van der Waals surface area contributed by atoms with Crippen LogP contribution >= 0.6 is 0 Å². The van der Waals surface area contributed by atoms with Crippen LogP contribution in [-0.2, 0) is 24.0 Å². The van der Waals surface area contributed by atoms with Crippen LogP contribution in [0.1, 0.15) is 18.1 Å². The van der Waals surface area contributed by atoms with Gasteiger partial charge in [-0.2, -0.15) is 28.1 Å². The summed E-state index contributed by atoms with van der Waals surface area (Å²) < 4.78 is 63.4. The van der Waals surface area contributed by atoms with Crippen LogP contribution in [0.2, 0.25) is 0 Å². The molecular formula is C24H20F3N7OS. The van der Waals surface area contributed by atoms with Crippen molar-refractivity contribution in [2.45, 2.75) is 17.7 Å². The zero-order valence-electron chi connectivity index (χ0n) is 19.2. The molecule has 2 N–H and O–H groups in total. The van der Waals surface area contributed by atoms with Crippen molar-refractivity contribution >= 4 is 40.0 Å². The van der Waals surface area contributed by atoms with Crippen LogP contribution in [0.4, 0.5) is 13.2 Å². The molecule has 0 amide bonds. The molecule has 36 heavy (non-hydrogen) atoms. The number of fused-ring (bicyclic) bond motifs is 1. The molecule has 0 aliphatic heterocycles. The SMILES string of the molecule is C=Cc1cc(-c2ccc(=N)n(C(=N)C(F)(F)c3cc4cn(C)nc4cc3F)n2)ccc1S(=O)/N=C/C. The summed E-state index contributed by atoms with van der Waals surface area (Å²) in [5.74, 6) is -6.73. The molecule has 0 saturated heterocycles. The summed E-state index contributed by atoms with van der Waals surface area (Å²) in [6.07, 6.45) is 4.34. The highest BCUT2D eigenvalue weighted by atomic mass is 32.2. The molecule has 0 aliphatic rings. The van der Waals surface area contributed by atoms with Crippen molar-refractivity contribution in [2.75, 3.05) is 0 Å². The summed E-state index contributed by atoms with van der Waals surface area (Å²) in [5, 5.41) is 24.6. The van der Waals surface area contributed by atoms with Crippen molar-refractivity contribution in [3.63, 3.8) is 0 Å². The van der Waals surface area contributed by atoms with Gasteiger partial charge in [-0.1, -0.05) is 18.7 Å². The number of rotatable bonds is 6. The van der Waals surface area contributed by atoms with Gasteiger partial charge in [-0.25, -0.2) is 8.60 Å². The van der Waals surface area contributed by atoms with Crippen LogP contribution in [0.5, 0.6) is 0 Å². The first-order valence-electron chi connectivity index (χ1n) is 10.5. The molecule has 0 saturated carbocycles. The summed E-state index contributed by atoms with van der Waals surface area (Å²) in [6.45, 7) is 5.34. The summed E-state index contributed by atoms with van der Waals surface area (Å²) in [7, 11) is -0.0733. The van der Waals surface area contributed by atoms with Crippen LogP contribution in [-0.4, -0.2) is 35.8 Å². The van der Waals surface area contributed by atoms with Crippen molar-refractivity contribution in [3.05, 3.63) is 77.7 Å². The Balaban J connectivity index is 1.77. The van der Waals surface area contributed by atoms with Gasteiger partial charge in [-0.15, -0.1) is 0 Å². The smallest absolute Gasteiger partial charge is 0.283 e. The van der Waals surface area contributed by atoms with E-state index in [9.17, 15) is 8.60 Å². The van der Waals surface area contributed by atoms with Gasteiger partial charge in [-0.05, 0) is 42.8 Å². The molecule has 2 aromatic carbocycles. The average Bonchev–Trinajstić information content (AvgIpc) is 3.21. The topological polar surface area (TPSA) is 113 Å². The maximum absolute atomic E-state index is 15.4. The maximum atomic E-state index is 15.4. The highest BCUT2D eigenvalue weighted by molar-refractivity contribution is 7.84. The minimum absolute atomic E-state index is 0.161. The lowest BCUT2D eigenvalue weighted by atomic mass is 10.0. The predicted octanol–water partition coefficient (Wildman–Crippen LogP) is 4.43. The molecule has 184 valence electrons. The van der Waals surface area contributed by atoms with E-state index in [0.29, 0.717) is 20.7 Å². The zero-order valence-corrected chi connectivity index (χ0v) is 20.0. The lowest BCUT2D eigenvalue weighted by molar-refractivity contribution is 0.0656. The van der Waals surface area contributed by atoms with E-state index in [4.69, 9.17) is 10.8 Å². The Hall–Kier alpha value is -4.19. The van der Waals surface area contributed by atoms with Crippen LogP contribution in [0.25, 0.3) is 28.2 Å². The quantitative estimate of drug-likeness (QED) is 0.295. The molecule has 0 radical (unpaired) electrons. The molecule has 0 fully saturated rings. The Morgan fingerprint density at radius 2 is 1.94 bits per heavy atom. The second kappa shape index (κ2) is 9.46. The molecule has 4 aromatic rings. The summed E-state index contributed by atoms with van der Waals surface area (Å²) >= 11 is 0. The zero-order chi connectivity index (χ0) is 26.2. The largest absolute Gasteiger partial charge is 0.334 e. The number of aromatic nitrogens is 4. The van der Waals surface area contributed by atoms with Gasteiger partial charge in [0.05, 0.1) is 21.7 Å². The van der Waals surface area contributed by atoms with E-state index in [1.807, 2.05) is 0 Å². The van der Waals surface area contributed by atoms with Crippen LogP contribution in [0.3, 0.4) is 0 Å². The Morgan fingerprint density at radius 1 is 1.19 bits per heavy atom. The number of hydrogen-bond donors (Lipinski definition) is 2. The monoisotopic (exact) mass is 511 g/mol. The van der Waals surface area contributed by atoms with E-state index in [1.54, 1.807) is 32.2 Å². The van der Waals surface area contributed by atoms with Crippen molar-refractivity contribution in [1.82, 2.24) is 19.6 Å². The summed E-state index contributed by atoms with van der Waals surface area (Å²) in [4.78, 5) is 0.400. The van der Waals surface area contributed by atoms with Crippen LogP contribution in [0.15, 0.2) is 64.5 Å². The minimum Gasteiger partial charge on any atom is -0.283 e. The number of nitrogens with one attached hydrogen (secondary N) is 2. The molecular weight excluding hydrogens is 491 g/mol. The second-order valence-corrected chi connectivity index (χ2v) is 8.85. The molecule has 0 bridgehead atoms. The third-order valence-electron chi connectivity index (χ3n) is 5.30. The van der Waals surface area contributed by atoms with E-state index in [-0.39, 0.29) is 16.6 Å². The normalized spacial score (nSPS) is 12.8. The molecule has 8 nitrogen and oxygen atoms in total. The Labute approximate surface area is 206 Å². The van der Waals surface area contributed by atoms with Gasteiger partial charge in [0.25, 0.3) is 0 Å². The lowest BCUT2D eigenvalue weighted by Crippen LogP contribution is -2.40. The molecule has 2 heterocycles. The first-order valence-corrected chi connectivity index (χ1v) is 11.6. The molecule has 2 aromatic heterocycles. The third kappa shape index (κ3) is 4.42. The van der Waals surface area contributed by atoms with Crippen molar-refractivity contribution in [2.24, 2.45) is 11.4 Å². The Kier molecular flexibility index (Phi) is 6.55. The van der Waals surface area contributed by atoms with E-state index >= 15 is 8.78 Å². The molecule has 0 spiro atoms. The number of halogens is 3. The molecule has 0 aliphatic carbocycles. The molecule has 4 rings (SSSR count). The number of hydrogen-bond acceptors (Lipinski definition) is 5. The third-order valence-corrected chi connectivity index (χ3v) is 6.46. The van der Waals surface area contributed by atoms with Crippen LogP contribution in [0, 0.1) is 16.6 Å². The molecule has 12 heteroatoms. The van der Waals surface area contributed by atoms with E-state index in [2.05, 4.69) is 21.2 Å². The van der Waals surface area contributed by atoms with Gasteiger partial charge in [0.15, 0.2) is 16.8 Å². The number of benzene rings is 2. The summed E-state index contributed by atoms with van der Waals surface area (Å²) in [6, 6.07) is 9.17. The summed E-state index contributed by atoms with van der Waals surface area (Å²) in [5.41, 5.74) is -0.225. The Bertz CT molecular complexity index is 1640. The number of aryl methyl sites for hydroxylation is 1. The lowest BCUT2D eigenvalue weighted by Gasteiger charge is -2.20. The van der Waals surface area contributed by atoms with Gasteiger partial charge >= 0.3 is 5.92 Å². The minimum atomic E-state index is -4.11. The average molecular weight is 512 g/mol. The highest BCUT2D eigenvalue weighted by Gasteiger charge is 2.42. The number of alkyl halides is 2. The van der Waals surface area contributed by atoms with Crippen molar-refractivity contribution in [3.8, 4) is 11.3 Å². The van der Waals surface area contributed by atoms with Gasteiger partial charge < -0.3 is 0 Å². The number of nitrogens with zero attached hydrogens (tertiary/aromatic N) is 5. The van der Waals surface area contributed by atoms with E-state index < -0.39 is 39.6 Å². The van der Waals surface area contributed by atoms with E-state index in [0.717, 1.165) is 12.1 Å². The van der Waals surface area contributed by atoms with Crippen molar-refractivity contribution < 1.29 is 17.4 Å². The van der Waals surface area contributed by atoms with Gasteiger partial charge in [-0.3, -0.25) is 15.5 Å². The first kappa shape index (κ1) is 24.9. The van der Waals surface area contributed by atoms with Gasteiger partial charge in [0, 0.05) is 36.5 Å². The first-order chi connectivity index (χ1) is 17.1. The fourth-order valence-corrected chi connectivity index (χ4v) is 4.43.